The van der Waals surface area contributed by atoms with Crippen LogP contribution in [0.4, 0.5) is 29.3 Å². The molecule has 0 bridgehead atoms. The van der Waals surface area contributed by atoms with Gasteiger partial charge in [-0.1, -0.05) is 17.7 Å². The van der Waals surface area contributed by atoms with E-state index in [1.807, 2.05) is 0 Å². The van der Waals surface area contributed by atoms with Gasteiger partial charge in [0, 0.05) is 11.4 Å². The van der Waals surface area contributed by atoms with Crippen LogP contribution in [-0.4, -0.2) is 16.0 Å². The molecule has 0 spiro atoms. The molecule has 0 saturated carbocycles. The topological polar surface area (TPSA) is 99.0 Å². The van der Waals surface area contributed by atoms with Gasteiger partial charge in [-0.25, -0.2) is 9.59 Å². The molecule has 0 atom stereocenters. The number of ether oxygens (including phenoxy) is 1. The van der Waals surface area contributed by atoms with Gasteiger partial charge in [0.15, 0.2) is 5.75 Å². The Morgan fingerprint density at radius 3 is 2.34 bits per heavy atom. The summed E-state index contributed by atoms with van der Waals surface area (Å²) in [5, 5.41) is 4.39. The monoisotopic (exact) mass is 462 g/mol. The van der Waals surface area contributed by atoms with Crippen molar-refractivity contribution in [2.24, 2.45) is 0 Å². The number of para-hydroxylation sites is 1. The van der Waals surface area contributed by atoms with E-state index in [0.717, 1.165) is 12.1 Å². The molecule has 2 amide bonds. The van der Waals surface area contributed by atoms with Crippen LogP contribution >= 0.6 is 11.6 Å². The Labute approximate surface area is 183 Å². The van der Waals surface area contributed by atoms with Crippen molar-refractivity contribution in [2.45, 2.75) is 6.18 Å². The molecule has 1 heterocycles. The van der Waals surface area contributed by atoms with E-state index in [-0.39, 0.29) is 11.4 Å². The lowest BCUT2D eigenvalue weighted by atomic mass is 10.2. The van der Waals surface area contributed by atoms with Crippen LogP contribution in [0.2, 0.25) is 5.02 Å². The largest absolute Gasteiger partial charge is 0.455 e. The minimum Gasteiger partial charge on any atom is -0.455 e. The molecular weight excluding hydrogens is 449 g/mol. The van der Waals surface area contributed by atoms with Crippen molar-refractivity contribution in [1.29, 1.82) is 0 Å². The first-order valence-electron chi connectivity index (χ1n) is 9.13. The smallest absolute Gasteiger partial charge is 0.417 e. The maximum Gasteiger partial charge on any atom is 0.417 e. The number of aromatic nitrogens is 2. The Kier molecular flexibility index (Phi) is 5.54. The zero-order valence-electron chi connectivity index (χ0n) is 16.0. The lowest BCUT2D eigenvalue weighted by Crippen LogP contribution is -2.19. The molecule has 7 nitrogen and oxygen atoms in total. The molecule has 0 fully saturated rings. The van der Waals surface area contributed by atoms with Crippen molar-refractivity contribution in [2.75, 3.05) is 10.6 Å². The number of fused-ring (bicyclic) bond motifs is 1. The van der Waals surface area contributed by atoms with Crippen LogP contribution < -0.4 is 21.1 Å². The number of urea groups is 1. The molecule has 1 aromatic heterocycles. The predicted octanol–water partition coefficient (Wildman–Crippen LogP) is 5.96. The molecule has 0 unspecified atom stereocenters. The van der Waals surface area contributed by atoms with Crippen LogP contribution in [-0.2, 0) is 6.18 Å². The van der Waals surface area contributed by atoms with E-state index in [4.69, 9.17) is 16.3 Å². The summed E-state index contributed by atoms with van der Waals surface area (Å²) in [6.45, 7) is 0. The lowest BCUT2D eigenvalue weighted by molar-refractivity contribution is -0.137. The highest BCUT2D eigenvalue weighted by molar-refractivity contribution is 6.31. The fourth-order valence-corrected chi connectivity index (χ4v) is 3.19. The Morgan fingerprint density at radius 1 is 0.938 bits per heavy atom. The number of anilines is 2. The van der Waals surface area contributed by atoms with Gasteiger partial charge < -0.3 is 25.3 Å². The molecule has 0 aliphatic rings. The van der Waals surface area contributed by atoms with Gasteiger partial charge in [-0.15, -0.1) is 0 Å². The van der Waals surface area contributed by atoms with Crippen LogP contribution in [0.15, 0.2) is 65.5 Å². The SMILES string of the molecule is O=C(Nc1ccc(Oc2cccc3[nH]c(=O)[nH]c23)cc1)Nc1ccc(Cl)c(C(F)(F)F)c1. The number of amides is 2. The van der Waals surface area contributed by atoms with Gasteiger partial charge in [0.05, 0.1) is 16.1 Å². The predicted molar refractivity (Wildman–Crippen MR) is 115 cm³/mol. The second-order valence-electron chi connectivity index (χ2n) is 6.66. The van der Waals surface area contributed by atoms with E-state index in [0.29, 0.717) is 28.2 Å². The number of alkyl halides is 3. The van der Waals surface area contributed by atoms with E-state index < -0.39 is 22.8 Å². The number of aromatic amines is 2. The van der Waals surface area contributed by atoms with Gasteiger partial charge >= 0.3 is 17.9 Å². The number of H-pyrrole nitrogens is 2. The first kappa shape index (κ1) is 21.3. The van der Waals surface area contributed by atoms with E-state index >= 15 is 0 Å². The Balaban J connectivity index is 1.42. The fourth-order valence-electron chi connectivity index (χ4n) is 2.96. The summed E-state index contributed by atoms with van der Waals surface area (Å²) >= 11 is 5.57. The van der Waals surface area contributed by atoms with Gasteiger partial charge in [0.2, 0.25) is 0 Å². The third kappa shape index (κ3) is 4.70. The van der Waals surface area contributed by atoms with Crippen LogP contribution in [0.1, 0.15) is 5.56 Å². The summed E-state index contributed by atoms with van der Waals surface area (Å²) < 4.78 is 44.6. The Morgan fingerprint density at radius 2 is 1.62 bits per heavy atom. The van der Waals surface area contributed by atoms with Gasteiger partial charge in [-0.2, -0.15) is 13.2 Å². The van der Waals surface area contributed by atoms with Crippen LogP contribution in [0, 0.1) is 0 Å². The van der Waals surface area contributed by atoms with Gasteiger partial charge in [0.25, 0.3) is 0 Å². The quantitative estimate of drug-likeness (QED) is 0.301. The number of carbonyl (C=O) groups excluding carboxylic acids is 1. The molecule has 32 heavy (non-hydrogen) atoms. The minimum absolute atomic E-state index is 0.0623. The van der Waals surface area contributed by atoms with Gasteiger partial charge in [-0.3, -0.25) is 0 Å². The van der Waals surface area contributed by atoms with Crippen LogP contribution in [0.5, 0.6) is 11.5 Å². The van der Waals surface area contributed by atoms with Crippen molar-refractivity contribution in [3.05, 3.63) is 81.7 Å². The number of hydrogen-bond donors (Lipinski definition) is 4. The minimum atomic E-state index is -4.64. The highest BCUT2D eigenvalue weighted by atomic mass is 35.5. The second kappa shape index (κ2) is 8.31. The number of halogens is 4. The molecule has 164 valence electrons. The highest BCUT2D eigenvalue weighted by Crippen LogP contribution is 2.36. The third-order valence-electron chi connectivity index (χ3n) is 4.38. The number of imidazole rings is 1. The normalized spacial score (nSPS) is 11.4. The van der Waals surface area contributed by atoms with Crippen molar-refractivity contribution >= 4 is 40.0 Å². The molecule has 4 N–H and O–H groups in total. The molecule has 0 aliphatic heterocycles. The molecule has 0 radical (unpaired) electrons. The Hall–Kier alpha value is -3.92. The maximum absolute atomic E-state index is 13.0. The van der Waals surface area contributed by atoms with Crippen LogP contribution in [0.25, 0.3) is 11.0 Å². The molecular formula is C21H14ClF3N4O3. The van der Waals surface area contributed by atoms with E-state index in [1.165, 1.54) is 6.07 Å². The molecule has 3 aromatic carbocycles. The fraction of sp³-hybridized carbons (Fsp3) is 0.0476. The van der Waals surface area contributed by atoms with Crippen molar-refractivity contribution < 1.29 is 22.7 Å². The number of carbonyl (C=O) groups is 1. The van der Waals surface area contributed by atoms with E-state index in [9.17, 15) is 22.8 Å². The first-order chi connectivity index (χ1) is 15.2. The standard InChI is InChI=1S/C21H14ClF3N4O3/c22-15-9-6-12(10-14(15)21(23,24)25)27-19(30)26-11-4-7-13(8-5-11)32-17-3-1-2-16-18(17)29-20(31)28-16/h1-10H,(H2,26,27,30)(H2,28,29,31). The lowest BCUT2D eigenvalue weighted by Gasteiger charge is -2.12. The van der Waals surface area contributed by atoms with E-state index in [1.54, 1.807) is 42.5 Å². The molecule has 11 heteroatoms. The maximum atomic E-state index is 13.0. The zero-order chi connectivity index (χ0) is 22.9. The van der Waals surface area contributed by atoms with Crippen molar-refractivity contribution in [1.82, 2.24) is 9.97 Å². The molecule has 0 aliphatic carbocycles. The summed E-state index contributed by atoms with van der Waals surface area (Å²) in [5.41, 5.74) is 0.0291. The summed E-state index contributed by atoms with van der Waals surface area (Å²) in [6.07, 6.45) is -4.64. The van der Waals surface area contributed by atoms with Crippen LogP contribution in [0.3, 0.4) is 0 Å². The average molecular weight is 463 g/mol. The highest BCUT2D eigenvalue weighted by Gasteiger charge is 2.33. The number of nitrogens with one attached hydrogen (secondary N) is 4. The summed E-state index contributed by atoms with van der Waals surface area (Å²) in [6, 6.07) is 13.8. The number of hydrogen-bond acceptors (Lipinski definition) is 3. The number of benzene rings is 3. The average Bonchev–Trinajstić information content (AvgIpc) is 3.11. The Bertz CT molecular complexity index is 1350. The van der Waals surface area contributed by atoms with Crippen molar-refractivity contribution in [3.8, 4) is 11.5 Å². The van der Waals surface area contributed by atoms with Gasteiger partial charge in [-0.05, 0) is 54.6 Å². The zero-order valence-corrected chi connectivity index (χ0v) is 16.8. The van der Waals surface area contributed by atoms with E-state index in [2.05, 4.69) is 20.6 Å². The first-order valence-corrected chi connectivity index (χ1v) is 9.50. The summed E-state index contributed by atoms with van der Waals surface area (Å²) in [7, 11) is 0. The number of rotatable bonds is 4. The molecule has 0 saturated heterocycles. The molecule has 4 rings (SSSR count). The van der Waals surface area contributed by atoms with Crippen molar-refractivity contribution in [3.63, 3.8) is 0 Å². The summed E-state index contributed by atoms with van der Waals surface area (Å²) in [5.74, 6) is 0.875. The van der Waals surface area contributed by atoms with Gasteiger partial charge in [0.1, 0.15) is 11.3 Å². The molecule has 4 aromatic rings. The summed E-state index contributed by atoms with van der Waals surface area (Å²) in [4.78, 5) is 28.9. The second-order valence-corrected chi connectivity index (χ2v) is 7.06. The third-order valence-corrected chi connectivity index (χ3v) is 4.71.